The smallest absolute Gasteiger partial charge is 0.242 e. The first-order chi connectivity index (χ1) is 9.40. The molecule has 0 aliphatic rings. The van der Waals surface area contributed by atoms with E-state index in [2.05, 4.69) is 10.3 Å². The van der Waals surface area contributed by atoms with Gasteiger partial charge in [0.25, 0.3) is 0 Å². The van der Waals surface area contributed by atoms with Crippen LogP contribution in [0.1, 0.15) is 26.8 Å². The van der Waals surface area contributed by atoms with E-state index >= 15 is 0 Å². The monoisotopic (exact) mass is 278 g/mol. The van der Waals surface area contributed by atoms with Crippen molar-refractivity contribution < 1.29 is 9.18 Å². The van der Waals surface area contributed by atoms with Gasteiger partial charge in [-0.1, -0.05) is 13.8 Å². The zero-order valence-electron chi connectivity index (χ0n) is 11.9. The minimum absolute atomic E-state index is 0.131. The number of nitrogens with one attached hydrogen (secondary N) is 1. The van der Waals surface area contributed by atoms with Crippen LogP contribution < -0.4 is 11.1 Å². The maximum absolute atomic E-state index is 13.2. The molecule has 0 bridgehead atoms. The highest BCUT2D eigenvalue weighted by Gasteiger charge is 2.20. The van der Waals surface area contributed by atoms with Crippen molar-refractivity contribution in [1.82, 2.24) is 14.9 Å². The van der Waals surface area contributed by atoms with E-state index in [0.717, 1.165) is 0 Å². The Labute approximate surface area is 117 Å². The second kappa shape index (κ2) is 5.48. The molecule has 6 heteroatoms. The number of benzene rings is 1. The number of carbonyl (C=O) groups is 1. The van der Waals surface area contributed by atoms with Gasteiger partial charge in [-0.25, -0.2) is 9.37 Å². The number of fused-ring (bicyclic) bond motifs is 1. The first kappa shape index (κ1) is 14.3. The highest BCUT2D eigenvalue weighted by Crippen LogP contribution is 2.23. The topological polar surface area (TPSA) is 72.9 Å². The highest BCUT2D eigenvalue weighted by atomic mass is 19.1. The van der Waals surface area contributed by atoms with Gasteiger partial charge in [-0.05, 0) is 25.0 Å². The summed E-state index contributed by atoms with van der Waals surface area (Å²) in [6.07, 6.45) is 0. The lowest BCUT2D eigenvalue weighted by Gasteiger charge is -2.16. The molecule has 0 aliphatic heterocycles. The molecule has 1 atom stereocenters. The lowest BCUT2D eigenvalue weighted by Crippen LogP contribution is -2.33. The Kier molecular flexibility index (Phi) is 3.92. The van der Waals surface area contributed by atoms with Crippen LogP contribution in [0.4, 0.5) is 10.3 Å². The second-order valence-electron chi connectivity index (χ2n) is 5.29. The average Bonchev–Trinajstić information content (AvgIpc) is 2.69. The maximum Gasteiger partial charge on any atom is 0.242 e. The summed E-state index contributed by atoms with van der Waals surface area (Å²) in [6, 6.07) is 3.73. The van der Waals surface area contributed by atoms with E-state index in [4.69, 9.17) is 5.73 Å². The average molecular weight is 278 g/mol. The van der Waals surface area contributed by atoms with Crippen molar-refractivity contribution in [3.63, 3.8) is 0 Å². The quantitative estimate of drug-likeness (QED) is 0.899. The minimum atomic E-state index is -0.496. The van der Waals surface area contributed by atoms with Gasteiger partial charge < -0.3 is 11.1 Å². The van der Waals surface area contributed by atoms with Crippen molar-refractivity contribution in [3.8, 4) is 0 Å². The Bertz CT molecular complexity index is 635. The number of carbonyl (C=O) groups excluding carboxylic acids is 1. The molecule has 0 fully saturated rings. The first-order valence-corrected chi connectivity index (χ1v) is 6.60. The van der Waals surface area contributed by atoms with E-state index in [1.165, 1.54) is 12.1 Å². The number of aromatic nitrogens is 2. The highest BCUT2D eigenvalue weighted by molar-refractivity contribution is 5.85. The Hall–Kier alpha value is -2.11. The van der Waals surface area contributed by atoms with Crippen LogP contribution in [0.25, 0.3) is 11.0 Å². The lowest BCUT2D eigenvalue weighted by molar-refractivity contribution is -0.123. The molecule has 0 saturated carbocycles. The molecule has 1 unspecified atom stereocenters. The number of nitrogen functional groups attached to an aromatic ring is 1. The van der Waals surface area contributed by atoms with E-state index in [1.807, 2.05) is 13.8 Å². The van der Waals surface area contributed by atoms with Gasteiger partial charge in [0.1, 0.15) is 11.9 Å². The molecule has 1 amide bonds. The molecule has 1 aromatic heterocycles. The van der Waals surface area contributed by atoms with Gasteiger partial charge >= 0.3 is 0 Å². The van der Waals surface area contributed by atoms with Gasteiger partial charge in [-0.15, -0.1) is 0 Å². The van der Waals surface area contributed by atoms with Gasteiger partial charge in [0, 0.05) is 12.6 Å². The number of rotatable bonds is 4. The SMILES string of the molecule is CC(C)CNC(=O)C(C)n1c(N)nc2cc(F)ccc21. The zero-order valence-corrected chi connectivity index (χ0v) is 11.9. The van der Waals surface area contributed by atoms with Crippen LogP contribution >= 0.6 is 0 Å². The van der Waals surface area contributed by atoms with Crippen molar-refractivity contribution in [2.45, 2.75) is 26.8 Å². The third-order valence-corrected chi connectivity index (χ3v) is 3.13. The Morgan fingerprint density at radius 3 is 2.80 bits per heavy atom. The molecule has 2 rings (SSSR count). The van der Waals surface area contributed by atoms with Crippen molar-refractivity contribution >= 4 is 22.9 Å². The molecule has 5 nitrogen and oxygen atoms in total. The van der Waals surface area contributed by atoms with Crippen LogP contribution in [-0.2, 0) is 4.79 Å². The number of anilines is 1. The summed E-state index contributed by atoms with van der Waals surface area (Å²) in [4.78, 5) is 16.2. The van der Waals surface area contributed by atoms with Gasteiger partial charge in [-0.2, -0.15) is 0 Å². The van der Waals surface area contributed by atoms with Crippen LogP contribution in [0.2, 0.25) is 0 Å². The molecular weight excluding hydrogens is 259 g/mol. The van der Waals surface area contributed by atoms with E-state index in [9.17, 15) is 9.18 Å². The van der Waals surface area contributed by atoms with Gasteiger partial charge in [-0.3, -0.25) is 9.36 Å². The fraction of sp³-hybridized carbons (Fsp3) is 0.429. The van der Waals surface area contributed by atoms with E-state index < -0.39 is 6.04 Å². The summed E-state index contributed by atoms with van der Waals surface area (Å²) < 4.78 is 14.8. The van der Waals surface area contributed by atoms with Crippen molar-refractivity contribution in [2.24, 2.45) is 5.92 Å². The molecule has 1 heterocycles. The number of nitrogens with two attached hydrogens (primary N) is 1. The summed E-state index contributed by atoms with van der Waals surface area (Å²) in [5.41, 5.74) is 6.95. The number of nitrogens with zero attached hydrogens (tertiary/aromatic N) is 2. The van der Waals surface area contributed by atoms with Crippen LogP contribution in [0, 0.1) is 11.7 Å². The summed E-state index contributed by atoms with van der Waals surface area (Å²) in [5.74, 6) is 0.0722. The molecule has 1 aromatic carbocycles. The molecule has 108 valence electrons. The zero-order chi connectivity index (χ0) is 14.9. The van der Waals surface area contributed by atoms with Crippen LogP contribution in [0.5, 0.6) is 0 Å². The van der Waals surface area contributed by atoms with Gasteiger partial charge in [0.15, 0.2) is 0 Å². The molecule has 0 saturated heterocycles. The van der Waals surface area contributed by atoms with Crippen LogP contribution in [0.3, 0.4) is 0 Å². The molecule has 3 N–H and O–H groups in total. The number of halogens is 1. The van der Waals surface area contributed by atoms with E-state index in [0.29, 0.717) is 23.5 Å². The lowest BCUT2D eigenvalue weighted by atomic mass is 10.2. The second-order valence-corrected chi connectivity index (χ2v) is 5.29. The fourth-order valence-electron chi connectivity index (χ4n) is 2.07. The third kappa shape index (κ3) is 2.74. The molecule has 0 aliphatic carbocycles. The molecule has 0 spiro atoms. The minimum Gasteiger partial charge on any atom is -0.369 e. The number of hydrogen-bond acceptors (Lipinski definition) is 3. The van der Waals surface area contributed by atoms with Crippen molar-refractivity contribution in [1.29, 1.82) is 0 Å². The largest absolute Gasteiger partial charge is 0.369 e. The Morgan fingerprint density at radius 2 is 2.15 bits per heavy atom. The summed E-state index contributed by atoms with van der Waals surface area (Å²) >= 11 is 0. The molecule has 20 heavy (non-hydrogen) atoms. The number of hydrogen-bond donors (Lipinski definition) is 2. The molecule has 0 radical (unpaired) electrons. The van der Waals surface area contributed by atoms with Gasteiger partial charge in [0.05, 0.1) is 11.0 Å². The predicted octanol–water partition coefficient (Wildman–Crippen LogP) is 2.09. The van der Waals surface area contributed by atoms with E-state index in [1.54, 1.807) is 17.6 Å². The Balaban J connectivity index is 2.32. The van der Waals surface area contributed by atoms with Crippen molar-refractivity contribution in [2.75, 3.05) is 12.3 Å². The Morgan fingerprint density at radius 1 is 1.45 bits per heavy atom. The summed E-state index contributed by atoms with van der Waals surface area (Å²) in [6.45, 7) is 6.39. The van der Waals surface area contributed by atoms with Crippen molar-refractivity contribution in [3.05, 3.63) is 24.0 Å². The number of imidazole rings is 1. The first-order valence-electron chi connectivity index (χ1n) is 6.60. The fourth-order valence-corrected chi connectivity index (χ4v) is 2.07. The predicted molar refractivity (Wildman–Crippen MR) is 76.7 cm³/mol. The summed E-state index contributed by atoms with van der Waals surface area (Å²) in [7, 11) is 0. The standard InChI is InChI=1S/C14H19FN4O/c1-8(2)7-17-13(20)9(3)19-12-5-4-10(15)6-11(12)18-14(19)16/h4-6,8-9H,7H2,1-3H3,(H2,16,18)(H,17,20). The maximum atomic E-state index is 13.2. The van der Waals surface area contributed by atoms with E-state index in [-0.39, 0.29) is 17.7 Å². The van der Waals surface area contributed by atoms with Gasteiger partial charge in [0.2, 0.25) is 11.9 Å². The normalized spacial score (nSPS) is 12.8. The van der Waals surface area contributed by atoms with Crippen LogP contribution in [0.15, 0.2) is 18.2 Å². The number of amides is 1. The molecule has 2 aromatic rings. The third-order valence-electron chi connectivity index (χ3n) is 3.13. The summed E-state index contributed by atoms with van der Waals surface area (Å²) in [5, 5.41) is 2.86. The molecular formula is C14H19FN4O. The van der Waals surface area contributed by atoms with Crippen LogP contribution in [-0.4, -0.2) is 22.0 Å².